The average Bonchev–Trinajstić information content (AvgIpc) is 3.34. The summed E-state index contributed by atoms with van der Waals surface area (Å²) in [5, 5.41) is 13.7. The summed E-state index contributed by atoms with van der Waals surface area (Å²) in [5.41, 5.74) is 1.44. The van der Waals surface area contributed by atoms with Crippen molar-refractivity contribution in [1.29, 1.82) is 0 Å². The molecule has 0 aliphatic carbocycles. The molecule has 0 aromatic carbocycles. The molecular formula is C18H21N5OS. The number of thiophene rings is 1. The third kappa shape index (κ3) is 3.43. The Morgan fingerprint density at radius 1 is 1.36 bits per heavy atom. The lowest BCUT2D eigenvalue weighted by atomic mass is 10.1. The summed E-state index contributed by atoms with van der Waals surface area (Å²) in [6, 6.07) is 7.80. The van der Waals surface area contributed by atoms with Crippen LogP contribution in [0.25, 0.3) is 5.65 Å². The Bertz CT molecular complexity index is 873. The van der Waals surface area contributed by atoms with E-state index in [9.17, 15) is 4.79 Å². The Labute approximate surface area is 150 Å². The SMILES string of the molecule is CN1CCC(c2nnc3ccc(C(=O)NCCc4cccs4)cn23)C1. The molecule has 3 aromatic rings. The van der Waals surface area contributed by atoms with Crippen molar-refractivity contribution in [3.63, 3.8) is 0 Å². The Kier molecular flexibility index (Phi) is 4.50. The largest absolute Gasteiger partial charge is 0.352 e. The first kappa shape index (κ1) is 16.2. The molecule has 1 aliphatic rings. The number of amides is 1. The summed E-state index contributed by atoms with van der Waals surface area (Å²) in [7, 11) is 2.12. The fraction of sp³-hybridized carbons (Fsp3) is 0.389. The van der Waals surface area contributed by atoms with Crippen LogP contribution in [-0.2, 0) is 6.42 Å². The summed E-state index contributed by atoms with van der Waals surface area (Å²) in [6.45, 7) is 2.69. The predicted octanol–water partition coefficient (Wildman–Crippen LogP) is 2.18. The molecule has 1 saturated heterocycles. The molecule has 7 heteroatoms. The number of likely N-dealkylation sites (N-methyl/N-ethyl adjacent to an activating group) is 1. The number of fused-ring (bicyclic) bond motifs is 1. The van der Waals surface area contributed by atoms with Gasteiger partial charge in [0, 0.05) is 30.1 Å². The van der Waals surface area contributed by atoms with E-state index in [0.29, 0.717) is 18.0 Å². The highest BCUT2D eigenvalue weighted by atomic mass is 32.1. The molecule has 130 valence electrons. The minimum Gasteiger partial charge on any atom is -0.352 e. The number of likely N-dealkylation sites (tertiary alicyclic amines) is 1. The van der Waals surface area contributed by atoms with Crippen LogP contribution in [0, 0.1) is 0 Å². The monoisotopic (exact) mass is 355 g/mol. The smallest absolute Gasteiger partial charge is 0.252 e. The molecule has 0 spiro atoms. The first-order chi connectivity index (χ1) is 12.2. The van der Waals surface area contributed by atoms with Crippen LogP contribution in [0.5, 0.6) is 0 Å². The zero-order valence-corrected chi connectivity index (χ0v) is 15.0. The molecule has 4 heterocycles. The second kappa shape index (κ2) is 6.93. The van der Waals surface area contributed by atoms with Gasteiger partial charge in [-0.3, -0.25) is 9.20 Å². The fourth-order valence-corrected chi connectivity index (χ4v) is 4.03. The number of nitrogens with zero attached hydrogens (tertiary/aromatic N) is 4. The highest BCUT2D eigenvalue weighted by Gasteiger charge is 2.25. The van der Waals surface area contributed by atoms with Gasteiger partial charge in [-0.1, -0.05) is 6.07 Å². The molecular weight excluding hydrogens is 334 g/mol. The van der Waals surface area contributed by atoms with E-state index in [1.165, 1.54) is 4.88 Å². The lowest BCUT2D eigenvalue weighted by Crippen LogP contribution is -2.25. The molecule has 6 nitrogen and oxygen atoms in total. The average molecular weight is 355 g/mol. The van der Waals surface area contributed by atoms with Crippen LogP contribution in [0.1, 0.15) is 33.4 Å². The van der Waals surface area contributed by atoms with Gasteiger partial charge >= 0.3 is 0 Å². The van der Waals surface area contributed by atoms with Crippen molar-refractivity contribution in [2.24, 2.45) is 0 Å². The van der Waals surface area contributed by atoms with Crippen molar-refractivity contribution in [2.45, 2.75) is 18.8 Å². The van der Waals surface area contributed by atoms with Crippen molar-refractivity contribution in [3.05, 3.63) is 52.1 Å². The van der Waals surface area contributed by atoms with Crippen LogP contribution in [0.3, 0.4) is 0 Å². The summed E-state index contributed by atoms with van der Waals surface area (Å²) >= 11 is 1.71. The van der Waals surface area contributed by atoms with E-state index in [0.717, 1.165) is 37.4 Å². The minimum atomic E-state index is -0.0540. The van der Waals surface area contributed by atoms with Gasteiger partial charge in [-0.25, -0.2) is 0 Å². The van der Waals surface area contributed by atoms with Gasteiger partial charge in [-0.15, -0.1) is 21.5 Å². The number of rotatable bonds is 5. The normalized spacial score (nSPS) is 18.0. The standard InChI is InChI=1S/C18H21N5OS/c1-22-9-7-13(11-22)17-21-20-16-5-4-14(12-23(16)17)18(24)19-8-6-15-3-2-10-25-15/h2-5,10,12-13H,6-9,11H2,1H3,(H,19,24). The van der Waals surface area contributed by atoms with Gasteiger partial charge < -0.3 is 10.2 Å². The van der Waals surface area contributed by atoms with E-state index in [2.05, 4.69) is 38.9 Å². The molecule has 1 amide bonds. The Morgan fingerprint density at radius 2 is 2.28 bits per heavy atom. The van der Waals surface area contributed by atoms with Gasteiger partial charge in [0.2, 0.25) is 0 Å². The Morgan fingerprint density at radius 3 is 3.04 bits per heavy atom. The maximum absolute atomic E-state index is 12.5. The second-order valence-corrected chi connectivity index (χ2v) is 7.57. The van der Waals surface area contributed by atoms with E-state index in [4.69, 9.17) is 0 Å². The van der Waals surface area contributed by atoms with E-state index < -0.39 is 0 Å². The first-order valence-electron chi connectivity index (χ1n) is 8.54. The quantitative estimate of drug-likeness (QED) is 0.762. The lowest BCUT2D eigenvalue weighted by Gasteiger charge is -2.10. The number of hydrogen-bond acceptors (Lipinski definition) is 5. The van der Waals surface area contributed by atoms with E-state index in [1.54, 1.807) is 11.3 Å². The number of carbonyl (C=O) groups is 1. The van der Waals surface area contributed by atoms with Crippen molar-refractivity contribution < 1.29 is 4.79 Å². The van der Waals surface area contributed by atoms with Crippen molar-refractivity contribution in [2.75, 3.05) is 26.7 Å². The second-order valence-electron chi connectivity index (χ2n) is 6.54. The molecule has 0 radical (unpaired) electrons. The molecule has 3 aromatic heterocycles. The molecule has 4 rings (SSSR count). The third-order valence-electron chi connectivity index (χ3n) is 4.68. The van der Waals surface area contributed by atoms with Crippen LogP contribution in [0.15, 0.2) is 35.8 Å². The number of hydrogen-bond donors (Lipinski definition) is 1. The zero-order chi connectivity index (χ0) is 17.2. The summed E-state index contributed by atoms with van der Waals surface area (Å²) < 4.78 is 1.97. The topological polar surface area (TPSA) is 62.5 Å². The summed E-state index contributed by atoms with van der Waals surface area (Å²) in [6.07, 6.45) is 3.80. The highest BCUT2D eigenvalue weighted by molar-refractivity contribution is 7.09. The first-order valence-corrected chi connectivity index (χ1v) is 9.42. The van der Waals surface area contributed by atoms with Gasteiger partial charge in [0.1, 0.15) is 5.82 Å². The number of pyridine rings is 1. The van der Waals surface area contributed by atoms with Gasteiger partial charge in [0.15, 0.2) is 5.65 Å². The van der Waals surface area contributed by atoms with Crippen LogP contribution in [0.4, 0.5) is 0 Å². The molecule has 1 atom stereocenters. The van der Waals surface area contributed by atoms with Crippen molar-refractivity contribution in [3.8, 4) is 0 Å². The van der Waals surface area contributed by atoms with Crippen LogP contribution in [-0.4, -0.2) is 52.1 Å². The van der Waals surface area contributed by atoms with Crippen LogP contribution < -0.4 is 5.32 Å². The number of nitrogens with one attached hydrogen (secondary N) is 1. The molecule has 1 fully saturated rings. The number of aromatic nitrogens is 3. The minimum absolute atomic E-state index is 0.0540. The van der Waals surface area contributed by atoms with Gasteiger partial charge in [-0.2, -0.15) is 0 Å². The summed E-state index contributed by atoms with van der Waals surface area (Å²) in [5.74, 6) is 1.27. The molecule has 1 N–H and O–H groups in total. The molecule has 1 aliphatic heterocycles. The molecule has 0 saturated carbocycles. The molecule has 25 heavy (non-hydrogen) atoms. The van der Waals surface area contributed by atoms with Crippen LogP contribution >= 0.6 is 11.3 Å². The maximum Gasteiger partial charge on any atom is 0.252 e. The zero-order valence-electron chi connectivity index (χ0n) is 14.2. The predicted molar refractivity (Wildman–Crippen MR) is 98.2 cm³/mol. The van der Waals surface area contributed by atoms with E-state index in [1.807, 2.05) is 28.8 Å². The lowest BCUT2D eigenvalue weighted by molar-refractivity contribution is 0.0953. The van der Waals surface area contributed by atoms with Gasteiger partial charge in [0.05, 0.1) is 5.56 Å². The Balaban J connectivity index is 1.48. The van der Waals surface area contributed by atoms with Crippen molar-refractivity contribution in [1.82, 2.24) is 24.8 Å². The van der Waals surface area contributed by atoms with E-state index >= 15 is 0 Å². The molecule has 1 unspecified atom stereocenters. The van der Waals surface area contributed by atoms with Crippen LogP contribution in [0.2, 0.25) is 0 Å². The van der Waals surface area contributed by atoms with E-state index in [-0.39, 0.29) is 5.91 Å². The fourth-order valence-electron chi connectivity index (χ4n) is 3.32. The maximum atomic E-state index is 12.5. The number of carbonyl (C=O) groups excluding carboxylic acids is 1. The van der Waals surface area contributed by atoms with Gasteiger partial charge in [-0.05, 0) is 50.0 Å². The van der Waals surface area contributed by atoms with Crippen molar-refractivity contribution >= 4 is 22.9 Å². The highest BCUT2D eigenvalue weighted by Crippen LogP contribution is 2.25. The third-order valence-corrected chi connectivity index (χ3v) is 5.62. The molecule has 0 bridgehead atoms. The van der Waals surface area contributed by atoms with Gasteiger partial charge in [0.25, 0.3) is 5.91 Å². The Hall–Kier alpha value is -2.25. The summed E-state index contributed by atoms with van der Waals surface area (Å²) in [4.78, 5) is 16.0.